The molecule has 5 aromatic heterocycles. The molecule has 0 amide bonds. The lowest BCUT2D eigenvalue weighted by Crippen LogP contribution is -2.16. The Bertz CT molecular complexity index is 2640. The molecule has 9 aromatic rings. The molecule has 0 N–H and O–H groups in total. The fraction of sp³-hybridized carbons (Fsp3) is 0. The molecule has 0 saturated carbocycles. The highest BCUT2D eigenvalue weighted by Crippen LogP contribution is 2.52. The maximum Gasteiger partial charge on any atom is 0.137 e. The van der Waals surface area contributed by atoms with Gasteiger partial charge in [0.2, 0.25) is 0 Å². The van der Waals surface area contributed by atoms with Crippen LogP contribution in [0.4, 0.5) is 17.2 Å². The minimum Gasteiger partial charge on any atom is -0.294 e. The standard InChI is InChI=1S/C42H26N6/c1-4-20-43-34(12-1)28-16-18-36-31(23-28)33-24-32-30-11-7-9-27-10-8-14-37(42(27)30)48(38(32)25-39(33)47(36)40-15-3-6-22-45-40)41-19-17-29(26-46-41)35-13-2-5-21-44-35/h1-26H. The van der Waals surface area contributed by atoms with E-state index >= 15 is 0 Å². The van der Waals surface area contributed by atoms with Crippen molar-refractivity contribution in [3.05, 3.63) is 158 Å². The first-order chi connectivity index (χ1) is 23.8. The van der Waals surface area contributed by atoms with Gasteiger partial charge in [-0.2, -0.15) is 0 Å². The van der Waals surface area contributed by atoms with Gasteiger partial charge in [-0.05, 0) is 89.8 Å². The highest BCUT2D eigenvalue weighted by molar-refractivity contribution is 6.19. The number of fused-ring (bicyclic) bond motifs is 5. The van der Waals surface area contributed by atoms with Crippen molar-refractivity contribution in [1.82, 2.24) is 24.5 Å². The van der Waals surface area contributed by atoms with Crippen LogP contribution in [-0.4, -0.2) is 24.5 Å². The molecule has 1 aliphatic rings. The molecule has 0 spiro atoms. The Labute approximate surface area is 276 Å². The van der Waals surface area contributed by atoms with Crippen molar-refractivity contribution < 1.29 is 0 Å². The van der Waals surface area contributed by atoms with E-state index in [2.05, 4.69) is 110 Å². The number of rotatable bonds is 4. The molecular weight excluding hydrogens is 589 g/mol. The first-order valence-corrected chi connectivity index (χ1v) is 16.0. The van der Waals surface area contributed by atoms with Crippen LogP contribution in [0.3, 0.4) is 0 Å². The van der Waals surface area contributed by atoms with Crippen molar-refractivity contribution >= 4 is 49.8 Å². The van der Waals surface area contributed by atoms with Crippen LogP contribution in [0.5, 0.6) is 0 Å². The summed E-state index contributed by atoms with van der Waals surface area (Å²) in [5.41, 5.74) is 10.6. The molecule has 0 atom stereocenters. The monoisotopic (exact) mass is 614 g/mol. The van der Waals surface area contributed by atoms with Gasteiger partial charge in [-0.1, -0.05) is 54.6 Å². The molecule has 6 heterocycles. The van der Waals surface area contributed by atoms with Crippen molar-refractivity contribution in [2.75, 3.05) is 4.90 Å². The Morgan fingerprint density at radius 2 is 1.17 bits per heavy atom. The van der Waals surface area contributed by atoms with Crippen LogP contribution < -0.4 is 4.90 Å². The van der Waals surface area contributed by atoms with Gasteiger partial charge in [-0.15, -0.1) is 0 Å². The van der Waals surface area contributed by atoms with Crippen molar-refractivity contribution in [2.45, 2.75) is 0 Å². The van der Waals surface area contributed by atoms with Gasteiger partial charge in [-0.3, -0.25) is 19.4 Å². The quantitative estimate of drug-likeness (QED) is 0.197. The average Bonchev–Trinajstić information content (AvgIpc) is 3.48. The summed E-state index contributed by atoms with van der Waals surface area (Å²) in [7, 11) is 0. The summed E-state index contributed by atoms with van der Waals surface area (Å²) in [5.74, 6) is 1.71. The van der Waals surface area contributed by atoms with E-state index in [1.807, 2.05) is 67.3 Å². The number of hydrogen-bond acceptors (Lipinski definition) is 5. The highest BCUT2D eigenvalue weighted by Gasteiger charge is 2.29. The largest absolute Gasteiger partial charge is 0.294 e. The van der Waals surface area contributed by atoms with Gasteiger partial charge in [0.15, 0.2) is 0 Å². The lowest BCUT2D eigenvalue weighted by atomic mass is 9.90. The summed E-state index contributed by atoms with van der Waals surface area (Å²) >= 11 is 0. The average molecular weight is 615 g/mol. The van der Waals surface area contributed by atoms with Gasteiger partial charge in [0, 0.05) is 57.6 Å². The van der Waals surface area contributed by atoms with Gasteiger partial charge in [-0.25, -0.2) is 9.97 Å². The molecule has 0 saturated heterocycles. The molecular formula is C42H26N6. The van der Waals surface area contributed by atoms with Crippen LogP contribution in [0.1, 0.15) is 0 Å². The summed E-state index contributed by atoms with van der Waals surface area (Å²) in [5, 5.41) is 4.71. The van der Waals surface area contributed by atoms with Crippen LogP contribution in [0.2, 0.25) is 0 Å². The molecule has 0 aliphatic carbocycles. The molecule has 4 aromatic carbocycles. The van der Waals surface area contributed by atoms with Gasteiger partial charge < -0.3 is 0 Å². The zero-order valence-electron chi connectivity index (χ0n) is 25.7. The summed E-state index contributed by atoms with van der Waals surface area (Å²) in [4.78, 5) is 21.4. The third-order valence-electron chi connectivity index (χ3n) is 9.31. The molecule has 0 radical (unpaired) electrons. The first-order valence-electron chi connectivity index (χ1n) is 16.0. The Hall–Kier alpha value is -6.66. The minimum absolute atomic E-state index is 0.843. The van der Waals surface area contributed by atoms with E-state index in [4.69, 9.17) is 9.97 Å². The molecule has 224 valence electrons. The van der Waals surface area contributed by atoms with Gasteiger partial charge in [0.25, 0.3) is 0 Å². The number of hydrogen-bond donors (Lipinski definition) is 0. The van der Waals surface area contributed by atoms with Crippen molar-refractivity contribution in [1.29, 1.82) is 0 Å². The van der Waals surface area contributed by atoms with Crippen LogP contribution >= 0.6 is 0 Å². The molecule has 6 nitrogen and oxygen atoms in total. The lowest BCUT2D eigenvalue weighted by molar-refractivity contribution is 1.08. The normalized spacial score (nSPS) is 12.1. The second-order valence-corrected chi connectivity index (χ2v) is 12.0. The van der Waals surface area contributed by atoms with E-state index in [0.717, 1.165) is 72.9 Å². The molecule has 10 rings (SSSR count). The fourth-order valence-corrected chi connectivity index (χ4v) is 7.19. The predicted molar refractivity (Wildman–Crippen MR) is 194 cm³/mol. The lowest BCUT2D eigenvalue weighted by Gasteiger charge is -2.33. The maximum atomic E-state index is 5.05. The summed E-state index contributed by atoms with van der Waals surface area (Å²) in [6, 6.07) is 46.6. The molecule has 0 fully saturated rings. The molecule has 0 unspecified atom stereocenters. The van der Waals surface area contributed by atoms with Crippen LogP contribution in [0, 0.1) is 0 Å². The first kappa shape index (κ1) is 26.5. The third-order valence-corrected chi connectivity index (χ3v) is 9.31. The number of nitrogens with zero attached hydrogens (tertiary/aromatic N) is 6. The third kappa shape index (κ3) is 3.99. The Morgan fingerprint density at radius 3 is 1.90 bits per heavy atom. The smallest absolute Gasteiger partial charge is 0.137 e. The topological polar surface area (TPSA) is 59.7 Å². The second kappa shape index (κ2) is 10.4. The van der Waals surface area contributed by atoms with Crippen molar-refractivity contribution in [2.24, 2.45) is 0 Å². The zero-order valence-corrected chi connectivity index (χ0v) is 25.7. The summed E-state index contributed by atoms with van der Waals surface area (Å²) < 4.78 is 2.27. The van der Waals surface area contributed by atoms with E-state index in [9.17, 15) is 0 Å². The number of benzene rings is 4. The van der Waals surface area contributed by atoms with Gasteiger partial charge in [0.1, 0.15) is 11.6 Å². The summed E-state index contributed by atoms with van der Waals surface area (Å²) in [6.45, 7) is 0. The fourth-order valence-electron chi connectivity index (χ4n) is 7.19. The second-order valence-electron chi connectivity index (χ2n) is 12.0. The van der Waals surface area contributed by atoms with Crippen LogP contribution in [-0.2, 0) is 0 Å². The predicted octanol–water partition coefficient (Wildman–Crippen LogP) is 10.3. The minimum atomic E-state index is 0.843. The van der Waals surface area contributed by atoms with Crippen molar-refractivity contribution in [3.63, 3.8) is 0 Å². The highest BCUT2D eigenvalue weighted by atomic mass is 15.2. The molecule has 1 aliphatic heterocycles. The van der Waals surface area contributed by atoms with E-state index < -0.39 is 0 Å². The molecule has 0 bridgehead atoms. The summed E-state index contributed by atoms with van der Waals surface area (Å²) in [6.07, 6.45) is 7.42. The Morgan fingerprint density at radius 1 is 0.438 bits per heavy atom. The van der Waals surface area contributed by atoms with E-state index in [1.165, 1.54) is 16.3 Å². The molecule has 6 heteroatoms. The number of anilines is 3. The van der Waals surface area contributed by atoms with E-state index in [1.54, 1.807) is 0 Å². The van der Waals surface area contributed by atoms with Crippen LogP contribution in [0.25, 0.3) is 72.0 Å². The Kier molecular flexibility index (Phi) is 5.77. The van der Waals surface area contributed by atoms with Gasteiger partial charge >= 0.3 is 0 Å². The number of pyridine rings is 4. The van der Waals surface area contributed by atoms with Gasteiger partial charge in [0.05, 0.1) is 33.8 Å². The van der Waals surface area contributed by atoms with E-state index in [-0.39, 0.29) is 0 Å². The van der Waals surface area contributed by atoms with E-state index in [0.29, 0.717) is 0 Å². The maximum absolute atomic E-state index is 5.05. The zero-order chi connectivity index (χ0) is 31.6. The van der Waals surface area contributed by atoms with Crippen molar-refractivity contribution in [3.8, 4) is 39.5 Å². The Balaban J connectivity index is 1.28. The molecule has 48 heavy (non-hydrogen) atoms. The number of aromatic nitrogens is 5. The SMILES string of the molecule is c1ccc(-c2ccc(N3c4cc5c(cc4-c4cccc6cccc3c46)c3cc(-c4ccccn4)ccc3n5-c3ccccn3)nc2)nc1. The van der Waals surface area contributed by atoms with Crippen LogP contribution in [0.15, 0.2) is 158 Å².